The second-order valence-corrected chi connectivity index (χ2v) is 9.53. The van der Waals surface area contributed by atoms with Crippen LogP contribution in [0.4, 0.5) is 0 Å². The van der Waals surface area contributed by atoms with E-state index in [1.807, 2.05) is 0 Å². The fourth-order valence-electron chi connectivity index (χ4n) is 3.69. The Kier molecular flexibility index (Phi) is 4.50. The van der Waals surface area contributed by atoms with E-state index in [9.17, 15) is 0 Å². The highest BCUT2D eigenvalue weighted by Crippen LogP contribution is 2.37. The topological polar surface area (TPSA) is 0 Å². The zero-order valence-corrected chi connectivity index (χ0v) is 17.0. The molecule has 2 aromatic rings. The summed E-state index contributed by atoms with van der Waals surface area (Å²) in [5.74, 6) is 0. The Morgan fingerprint density at radius 2 is 1.69 bits per heavy atom. The lowest BCUT2D eigenvalue weighted by Crippen LogP contribution is -2.10. The molecule has 0 atom stereocenters. The minimum Gasteiger partial charge on any atom is -0.0763 e. The van der Waals surface area contributed by atoms with Crippen molar-refractivity contribution in [3.8, 4) is 0 Å². The molecule has 0 N–H and O–H groups in total. The van der Waals surface area contributed by atoms with Gasteiger partial charge in [-0.3, -0.25) is 0 Å². The third-order valence-electron chi connectivity index (χ3n) is 5.19. The van der Waals surface area contributed by atoms with Crippen LogP contribution in [0.25, 0.3) is 0 Å². The van der Waals surface area contributed by atoms with Crippen LogP contribution in [-0.4, -0.2) is 14.3 Å². The largest absolute Gasteiger partial charge is 0.0763 e. The fourth-order valence-corrected chi connectivity index (χ4v) is 5.33. The molecular weight excluding hydrogens is 328 g/mol. The van der Waals surface area contributed by atoms with Gasteiger partial charge in [0.2, 0.25) is 0 Å². The maximum atomic E-state index is 3.73. The first-order valence-electron chi connectivity index (χ1n) is 9.42. The molecule has 0 saturated heterocycles. The summed E-state index contributed by atoms with van der Waals surface area (Å²) in [6.45, 7) is 6.89. The van der Waals surface area contributed by atoms with Gasteiger partial charge in [-0.2, -0.15) is 0 Å². The average Bonchev–Trinajstić information content (AvgIpc) is 3.25. The smallest absolute Gasteiger partial charge is 0.00897 e. The number of benzene rings is 2. The Morgan fingerprint density at radius 1 is 0.962 bits per heavy atom. The normalized spacial score (nSPS) is 17.8. The lowest BCUT2D eigenvalue weighted by atomic mass is 9.87. The first kappa shape index (κ1) is 17.2. The molecule has 4 rings (SSSR count). The average molecular weight is 354 g/mol. The molecule has 2 aliphatic carbocycles. The maximum absolute atomic E-state index is 3.73. The van der Waals surface area contributed by atoms with Crippen LogP contribution < -0.4 is 0 Å². The first-order chi connectivity index (χ1) is 12.5. The zero-order chi connectivity index (χ0) is 18.1. The van der Waals surface area contributed by atoms with Gasteiger partial charge in [-0.15, -0.1) is 0 Å². The second kappa shape index (κ2) is 6.81. The summed E-state index contributed by atoms with van der Waals surface area (Å²) in [5.41, 5.74) is 8.59. The van der Waals surface area contributed by atoms with Gasteiger partial charge in [-0.05, 0) is 62.5 Å². The van der Waals surface area contributed by atoms with Crippen molar-refractivity contribution in [3.63, 3.8) is 0 Å². The minimum absolute atomic E-state index is 0.185. The molecule has 0 amide bonds. The van der Waals surface area contributed by atoms with E-state index in [4.69, 9.17) is 0 Å². The lowest BCUT2D eigenvalue weighted by Gasteiger charge is -2.18. The second-order valence-electron chi connectivity index (χ2n) is 8.14. The van der Waals surface area contributed by atoms with E-state index in [0.717, 1.165) is 12.5 Å². The van der Waals surface area contributed by atoms with E-state index in [-0.39, 0.29) is 14.5 Å². The third kappa shape index (κ3) is 3.36. The van der Waals surface area contributed by atoms with Gasteiger partial charge >= 0.3 is 0 Å². The van der Waals surface area contributed by atoms with E-state index in [1.165, 1.54) is 33.4 Å². The van der Waals surface area contributed by atoms with Gasteiger partial charge in [0.05, 0.1) is 0 Å². The summed E-state index contributed by atoms with van der Waals surface area (Å²) in [5, 5.41) is 1.54. The van der Waals surface area contributed by atoms with E-state index in [2.05, 4.69) is 93.6 Å². The fraction of sp³-hybridized carbons (Fsp3) is 0.240. The molecular formula is C25H25Si. The highest BCUT2D eigenvalue weighted by atomic mass is 28.2. The summed E-state index contributed by atoms with van der Waals surface area (Å²) in [6, 6.07) is 20.8. The van der Waals surface area contributed by atoms with Gasteiger partial charge in [-0.1, -0.05) is 87.5 Å². The summed E-state index contributed by atoms with van der Waals surface area (Å²) >= 11 is 0. The molecule has 0 fully saturated rings. The Balaban J connectivity index is 1.70. The Morgan fingerprint density at radius 3 is 2.42 bits per heavy atom. The molecule has 0 heterocycles. The number of hydrogen-bond donors (Lipinski definition) is 0. The van der Waals surface area contributed by atoms with E-state index in [1.54, 1.807) is 5.17 Å². The molecule has 1 radical (unpaired) electrons. The van der Waals surface area contributed by atoms with Gasteiger partial charge in [0.15, 0.2) is 0 Å². The van der Waals surface area contributed by atoms with Crippen LogP contribution in [0.15, 0.2) is 83.5 Å². The van der Waals surface area contributed by atoms with E-state index < -0.39 is 0 Å². The quantitative estimate of drug-likeness (QED) is 0.662. The van der Waals surface area contributed by atoms with Crippen LogP contribution in [0.5, 0.6) is 0 Å². The highest BCUT2D eigenvalue weighted by molar-refractivity contribution is 6.63. The predicted octanol–water partition coefficient (Wildman–Crippen LogP) is 5.24. The predicted molar refractivity (Wildman–Crippen MR) is 114 cm³/mol. The molecule has 0 saturated carbocycles. The number of hydrogen-bond acceptors (Lipinski definition) is 0. The van der Waals surface area contributed by atoms with Crippen LogP contribution in [0.2, 0.25) is 0 Å². The van der Waals surface area contributed by atoms with Crippen LogP contribution in [0.3, 0.4) is 0 Å². The van der Waals surface area contributed by atoms with Gasteiger partial charge in [0.1, 0.15) is 0 Å². The summed E-state index contributed by atoms with van der Waals surface area (Å²) in [6.07, 6.45) is 9.59. The van der Waals surface area contributed by atoms with Gasteiger partial charge in [0, 0.05) is 9.13 Å². The van der Waals surface area contributed by atoms with Crippen molar-refractivity contribution in [2.45, 2.75) is 33.2 Å². The van der Waals surface area contributed by atoms with Crippen LogP contribution in [0, 0.1) is 11.5 Å². The molecule has 0 bridgehead atoms. The van der Waals surface area contributed by atoms with Gasteiger partial charge < -0.3 is 0 Å². The maximum Gasteiger partial charge on any atom is 0.00897 e. The Labute approximate surface area is 159 Å². The van der Waals surface area contributed by atoms with Crippen LogP contribution in [-0.2, 0) is 6.04 Å². The van der Waals surface area contributed by atoms with Crippen molar-refractivity contribution in [2.24, 2.45) is 5.41 Å². The third-order valence-corrected chi connectivity index (χ3v) is 6.87. The summed E-state index contributed by atoms with van der Waals surface area (Å²) in [7, 11) is 0.185. The van der Waals surface area contributed by atoms with Crippen molar-refractivity contribution in [3.05, 3.63) is 106 Å². The molecule has 0 aliphatic heterocycles. The van der Waals surface area contributed by atoms with Crippen LogP contribution >= 0.6 is 0 Å². The van der Waals surface area contributed by atoms with Crippen molar-refractivity contribution in [2.75, 3.05) is 0 Å². The zero-order valence-electron chi connectivity index (χ0n) is 15.8. The molecule has 26 heavy (non-hydrogen) atoms. The Bertz CT molecular complexity index is 947. The monoisotopic (exact) mass is 353 g/mol. The lowest BCUT2D eigenvalue weighted by molar-refractivity contribution is 0.518. The highest BCUT2D eigenvalue weighted by Gasteiger charge is 2.25. The first-order valence-corrected chi connectivity index (χ1v) is 10.8. The van der Waals surface area contributed by atoms with Crippen LogP contribution in [0.1, 0.15) is 43.9 Å². The number of rotatable bonds is 3. The molecule has 1 heteroatoms. The van der Waals surface area contributed by atoms with Crippen molar-refractivity contribution >= 4 is 14.3 Å². The van der Waals surface area contributed by atoms with Crippen molar-refractivity contribution in [1.82, 2.24) is 0 Å². The van der Waals surface area contributed by atoms with E-state index >= 15 is 0 Å². The molecule has 0 spiro atoms. The molecule has 2 aromatic carbocycles. The van der Waals surface area contributed by atoms with Crippen molar-refractivity contribution < 1.29 is 0 Å². The molecule has 0 unspecified atom stereocenters. The molecule has 0 nitrogen and oxygen atoms in total. The molecule has 2 aliphatic rings. The number of allylic oxidation sites excluding steroid dienone is 5. The summed E-state index contributed by atoms with van der Waals surface area (Å²) < 4.78 is 0. The van der Waals surface area contributed by atoms with E-state index in [0.29, 0.717) is 0 Å². The van der Waals surface area contributed by atoms with Gasteiger partial charge in [0.25, 0.3) is 0 Å². The van der Waals surface area contributed by atoms with Crippen molar-refractivity contribution in [1.29, 1.82) is 0 Å². The number of fused-ring (bicyclic) bond motifs is 1. The Hall–Kier alpha value is -2.25. The minimum atomic E-state index is 0.185. The SMILES string of the molecule is CC(C)(C)C1=CCC(C2=[C]c3ccccc3C2=[SiH]Cc2ccccc2)=C1. The molecule has 129 valence electrons. The van der Waals surface area contributed by atoms with Gasteiger partial charge in [-0.25, -0.2) is 0 Å². The standard InChI is InChI=1S/C25H25Si/c1-25(2,3)21-14-13-20(15-21)23-16-19-11-7-8-12-22(19)24(23)26-17-18-9-5-4-6-10-18/h4-12,14-15,26H,13,17H2,1-3H3. The molecule has 0 aromatic heterocycles. The summed E-state index contributed by atoms with van der Waals surface area (Å²) in [4.78, 5) is 0.